The predicted molar refractivity (Wildman–Crippen MR) is 119 cm³/mol. The van der Waals surface area contributed by atoms with Crippen molar-refractivity contribution < 1.29 is 4.79 Å². The molecule has 0 unspecified atom stereocenters. The molecule has 4 aromatic rings. The van der Waals surface area contributed by atoms with Crippen molar-refractivity contribution in [3.63, 3.8) is 0 Å². The number of rotatable bonds is 3. The summed E-state index contributed by atoms with van der Waals surface area (Å²) in [5.74, 6) is -0.0317. The average molecular weight is 398 g/mol. The molecule has 2 aromatic carbocycles. The molecule has 2 aromatic heterocycles. The Balaban J connectivity index is 1.69. The molecule has 29 heavy (non-hydrogen) atoms. The number of hydrogen-bond donors (Lipinski definition) is 0. The summed E-state index contributed by atoms with van der Waals surface area (Å²) in [4.78, 5) is 24.4. The Morgan fingerprint density at radius 2 is 1.86 bits per heavy atom. The number of thiazole rings is 1. The highest BCUT2D eigenvalue weighted by Gasteiger charge is 2.29. The largest absolute Gasteiger partial charge is 0.287 e. The van der Waals surface area contributed by atoms with Gasteiger partial charge in [-0.2, -0.15) is 0 Å². The summed E-state index contributed by atoms with van der Waals surface area (Å²) < 4.78 is 0. The molecular formula is C24H19N3OS. The van der Waals surface area contributed by atoms with Crippen LogP contribution in [-0.2, 0) is 6.42 Å². The highest BCUT2D eigenvalue weighted by Crippen LogP contribution is 2.38. The van der Waals surface area contributed by atoms with E-state index in [1.54, 1.807) is 18.1 Å². The van der Waals surface area contributed by atoms with E-state index < -0.39 is 0 Å². The van der Waals surface area contributed by atoms with Gasteiger partial charge in [0.2, 0.25) is 0 Å². The number of amides is 1. The van der Waals surface area contributed by atoms with Crippen molar-refractivity contribution in [1.82, 2.24) is 9.97 Å². The van der Waals surface area contributed by atoms with E-state index in [1.165, 1.54) is 16.9 Å². The number of para-hydroxylation sites is 1. The number of allylic oxidation sites excluding steroid dienone is 1. The van der Waals surface area contributed by atoms with Gasteiger partial charge in [-0.25, -0.2) is 9.97 Å². The summed E-state index contributed by atoms with van der Waals surface area (Å²) in [7, 11) is 1.79. The summed E-state index contributed by atoms with van der Waals surface area (Å²) in [6.45, 7) is 0. The predicted octanol–water partition coefficient (Wildman–Crippen LogP) is 5.45. The van der Waals surface area contributed by atoms with Crippen molar-refractivity contribution in [2.24, 2.45) is 0 Å². The maximum Gasteiger partial charge on any atom is 0.260 e. The minimum absolute atomic E-state index is 0.0317. The summed E-state index contributed by atoms with van der Waals surface area (Å²) >= 11 is 1.46. The summed E-state index contributed by atoms with van der Waals surface area (Å²) in [5, 5.41) is 3.48. The lowest BCUT2D eigenvalue weighted by atomic mass is 9.99. The molecule has 142 valence electrons. The minimum Gasteiger partial charge on any atom is -0.287 e. The summed E-state index contributed by atoms with van der Waals surface area (Å²) in [5.41, 5.74) is 5.92. The van der Waals surface area contributed by atoms with Gasteiger partial charge in [0.1, 0.15) is 0 Å². The van der Waals surface area contributed by atoms with Crippen molar-refractivity contribution in [2.75, 3.05) is 11.9 Å². The molecule has 0 fully saturated rings. The van der Waals surface area contributed by atoms with Gasteiger partial charge in [-0.05, 0) is 41.7 Å². The molecule has 1 amide bonds. The van der Waals surface area contributed by atoms with Crippen molar-refractivity contribution in [3.05, 3.63) is 88.6 Å². The van der Waals surface area contributed by atoms with E-state index in [-0.39, 0.29) is 5.91 Å². The Kier molecular flexibility index (Phi) is 4.45. The van der Waals surface area contributed by atoms with E-state index in [9.17, 15) is 4.79 Å². The van der Waals surface area contributed by atoms with E-state index in [0.29, 0.717) is 5.13 Å². The molecule has 1 aliphatic rings. The van der Waals surface area contributed by atoms with E-state index in [2.05, 4.69) is 23.2 Å². The maximum atomic E-state index is 13.5. The van der Waals surface area contributed by atoms with Gasteiger partial charge in [-0.1, -0.05) is 48.5 Å². The third kappa shape index (κ3) is 3.13. The summed E-state index contributed by atoms with van der Waals surface area (Å²) in [6, 6.07) is 18.2. The lowest BCUT2D eigenvalue weighted by Gasteiger charge is -2.18. The van der Waals surface area contributed by atoms with Crippen LogP contribution in [0.4, 0.5) is 5.13 Å². The Morgan fingerprint density at radius 1 is 1.07 bits per heavy atom. The fourth-order valence-electron chi connectivity index (χ4n) is 3.91. The first-order valence-corrected chi connectivity index (χ1v) is 10.5. The number of anilines is 1. The van der Waals surface area contributed by atoms with Gasteiger partial charge in [0.05, 0.1) is 16.8 Å². The second-order valence-electron chi connectivity index (χ2n) is 7.09. The van der Waals surface area contributed by atoms with Gasteiger partial charge in [0.25, 0.3) is 5.91 Å². The second-order valence-corrected chi connectivity index (χ2v) is 7.96. The van der Waals surface area contributed by atoms with Crippen molar-refractivity contribution in [2.45, 2.75) is 12.8 Å². The number of benzene rings is 2. The van der Waals surface area contributed by atoms with E-state index >= 15 is 0 Å². The minimum atomic E-state index is -0.0317. The van der Waals surface area contributed by atoms with Crippen LogP contribution in [0.25, 0.3) is 22.6 Å². The molecule has 1 aliphatic carbocycles. The standard InChI is InChI=1S/C24H19N3OS/c1-27(24-25-13-14-29-24)23(28)21-18-9-5-6-10-20(18)26-22-17(11-12-19(21)22)15-16-7-3-2-4-8-16/h2-10,13-15H,11-12H2,1H3/b17-15-. The number of nitrogens with zero attached hydrogens (tertiary/aromatic N) is 3. The molecule has 0 saturated carbocycles. The monoisotopic (exact) mass is 397 g/mol. The average Bonchev–Trinajstić information content (AvgIpc) is 3.43. The Labute approximate surface area is 173 Å². The van der Waals surface area contributed by atoms with Gasteiger partial charge in [0, 0.05) is 24.0 Å². The van der Waals surface area contributed by atoms with Crippen LogP contribution in [0.15, 0.2) is 66.2 Å². The first kappa shape index (κ1) is 17.8. The fraction of sp³-hybridized carbons (Fsp3) is 0.125. The van der Waals surface area contributed by atoms with Crippen LogP contribution >= 0.6 is 11.3 Å². The Morgan fingerprint density at radius 3 is 2.66 bits per heavy atom. The SMILES string of the molecule is CN(C(=O)c1c2c(nc3ccccc13)/C(=C\c1ccccc1)CC2)c1nccs1. The van der Waals surface area contributed by atoms with Gasteiger partial charge < -0.3 is 0 Å². The lowest BCUT2D eigenvalue weighted by molar-refractivity contribution is 0.0993. The first-order chi connectivity index (χ1) is 14.2. The molecule has 0 aliphatic heterocycles. The van der Waals surface area contributed by atoms with Crippen LogP contribution in [0.3, 0.4) is 0 Å². The normalized spacial score (nSPS) is 14.3. The van der Waals surface area contributed by atoms with Crippen LogP contribution in [0.1, 0.15) is 33.6 Å². The highest BCUT2D eigenvalue weighted by atomic mass is 32.1. The Hall–Kier alpha value is -3.31. The lowest BCUT2D eigenvalue weighted by Crippen LogP contribution is -2.27. The number of carbonyl (C=O) groups excluding carboxylic acids is 1. The molecular weight excluding hydrogens is 378 g/mol. The molecule has 4 nitrogen and oxygen atoms in total. The van der Waals surface area contributed by atoms with Crippen LogP contribution in [-0.4, -0.2) is 22.9 Å². The zero-order chi connectivity index (χ0) is 19.8. The molecule has 5 heteroatoms. The first-order valence-electron chi connectivity index (χ1n) is 9.57. The van der Waals surface area contributed by atoms with Gasteiger partial charge >= 0.3 is 0 Å². The van der Waals surface area contributed by atoms with Crippen LogP contribution < -0.4 is 4.90 Å². The number of aromatic nitrogens is 2. The third-order valence-corrected chi connectivity index (χ3v) is 6.15. The second kappa shape index (κ2) is 7.26. The third-order valence-electron chi connectivity index (χ3n) is 5.31. The molecule has 0 N–H and O–H groups in total. The molecule has 0 radical (unpaired) electrons. The quantitative estimate of drug-likeness (QED) is 0.461. The fourth-order valence-corrected chi connectivity index (χ4v) is 4.52. The highest BCUT2D eigenvalue weighted by molar-refractivity contribution is 7.13. The zero-order valence-electron chi connectivity index (χ0n) is 16.0. The topological polar surface area (TPSA) is 46.1 Å². The number of fused-ring (bicyclic) bond motifs is 2. The van der Waals surface area contributed by atoms with Crippen molar-refractivity contribution in [1.29, 1.82) is 0 Å². The molecule has 0 saturated heterocycles. The zero-order valence-corrected chi connectivity index (χ0v) is 16.8. The van der Waals surface area contributed by atoms with Crippen molar-refractivity contribution >= 4 is 44.9 Å². The maximum absolute atomic E-state index is 13.5. The van der Waals surface area contributed by atoms with Crippen LogP contribution in [0.5, 0.6) is 0 Å². The molecule has 0 atom stereocenters. The van der Waals surface area contributed by atoms with E-state index in [0.717, 1.165) is 46.1 Å². The number of hydrogen-bond acceptors (Lipinski definition) is 4. The van der Waals surface area contributed by atoms with Crippen LogP contribution in [0.2, 0.25) is 0 Å². The Bertz CT molecular complexity index is 1230. The molecule has 0 spiro atoms. The molecule has 5 rings (SSSR count). The van der Waals surface area contributed by atoms with Crippen LogP contribution in [0, 0.1) is 0 Å². The van der Waals surface area contributed by atoms with Gasteiger partial charge in [-0.3, -0.25) is 9.69 Å². The molecule has 0 bridgehead atoms. The van der Waals surface area contributed by atoms with Crippen molar-refractivity contribution in [3.8, 4) is 0 Å². The number of pyridine rings is 1. The smallest absolute Gasteiger partial charge is 0.260 e. The van der Waals surface area contributed by atoms with E-state index in [4.69, 9.17) is 4.98 Å². The van der Waals surface area contributed by atoms with Gasteiger partial charge in [-0.15, -0.1) is 11.3 Å². The molecule has 2 heterocycles. The van der Waals surface area contributed by atoms with E-state index in [1.807, 2.05) is 47.8 Å². The number of carbonyl (C=O) groups is 1. The summed E-state index contributed by atoms with van der Waals surface area (Å²) in [6.07, 6.45) is 5.61. The van der Waals surface area contributed by atoms with Gasteiger partial charge in [0.15, 0.2) is 5.13 Å².